The van der Waals surface area contributed by atoms with Gasteiger partial charge in [0.05, 0.1) is 9.92 Å². The summed E-state index contributed by atoms with van der Waals surface area (Å²) in [6.07, 6.45) is 3.60. The van der Waals surface area contributed by atoms with Crippen LogP contribution in [0.25, 0.3) is 0 Å². The van der Waals surface area contributed by atoms with E-state index in [0.717, 1.165) is 5.56 Å². The minimum Gasteiger partial charge on any atom is -0.328 e. The van der Waals surface area contributed by atoms with E-state index in [1.807, 2.05) is 6.92 Å². The van der Waals surface area contributed by atoms with Crippen molar-refractivity contribution in [1.29, 1.82) is 0 Å². The highest BCUT2D eigenvalue weighted by Crippen LogP contribution is 2.33. The van der Waals surface area contributed by atoms with E-state index < -0.39 is 9.84 Å². The van der Waals surface area contributed by atoms with Crippen LogP contribution in [0.4, 0.5) is 0 Å². The lowest BCUT2D eigenvalue weighted by Crippen LogP contribution is -2.18. The van der Waals surface area contributed by atoms with Crippen LogP contribution in [0.5, 0.6) is 0 Å². The Hall–Kier alpha value is -0.230. The minimum absolute atomic E-state index is 0.0291. The smallest absolute Gasteiger partial charge is 0.176 e. The quantitative estimate of drug-likeness (QED) is 0.866. The highest BCUT2D eigenvalue weighted by molar-refractivity contribution is 7.99. The normalized spacial score (nSPS) is 13.7. The first kappa shape index (κ1) is 14.8. The maximum Gasteiger partial charge on any atom is 0.176 e. The molecule has 0 saturated heterocycles. The number of hydrogen-bond donors (Lipinski definition) is 1. The van der Waals surface area contributed by atoms with Crippen molar-refractivity contribution in [2.45, 2.75) is 29.2 Å². The van der Waals surface area contributed by atoms with Gasteiger partial charge >= 0.3 is 0 Å². The summed E-state index contributed by atoms with van der Waals surface area (Å²) in [4.78, 5) is 0.885. The van der Waals surface area contributed by atoms with Crippen LogP contribution in [0.2, 0.25) is 5.02 Å². The Kier molecular flexibility index (Phi) is 4.89. The zero-order valence-corrected chi connectivity index (χ0v) is 12.4. The number of benzene rings is 1. The second-order valence-electron chi connectivity index (χ2n) is 4.06. The number of nitrogens with two attached hydrogens (primary N) is 1. The van der Waals surface area contributed by atoms with Gasteiger partial charge in [-0.3, -0.25) is 0 Å². The van der Waals surface area contributed by atoms with Crippen LogP contribution in [0.15, 0.2) is 21.9 Å². The molecule has 0 aliphatic carbocycles. The lowest BCUT2D eigenvalue weighted by atomic mass is 10.1. The maximum atomic E-state index is 11.7. The Morgan fingerprint density at radius 2 is 2.06 bits per heavy atom. The van der Waals surface area contributed by atoms with Crippen molar-refractivity contribution in [3.05, 3.63) is 22.7 Å². The summed E-state index contributed by atoms with van der Waals surface area (Å²) in [5.41, 5.74) is 6.56. The van der Waals surface area contributed by atoms with Crippen molar-refractivity contribution in [2.75, 3.05) is 12.5 Å². The average Bonchev–Trinajstić information content (AvgIpc) is 2.14. The van der Waals surface area contributed by atoms with Crippen molar-refractivity contribution in [3.8, 4) is 0 Å². The highest BCUT2D eigenvalue weighted by atomic mass is 35.5. The highest BCUT2D eigenvalue weighted by Gasteiger charge is 2.17. The summed E-state index contributed by atoms with van der Waals surface area (Å²) < 4.78 is 23.4. The second kappa shape index (κ2) is 5.61. The van der Waals surface area contributed by atoms with Crippen LogP contribution in [-0.2, 0) is 16.3 Å². The summed E-state index contributed by atoms with van der Waals surface area (Å²) in [7, 11) is -3.27. The van der Waals surface area contributed by atoms with Gasteiger partial charge in [0.15, 0.2) is 9.84 Å². The molecule has 1 aromatic carbocycles. The fraction of sp³-hybridized carbons (Fsp3) is 0.455. The van der Waals surface area contributed by atoms with Gasteiger partial charge in [-0.2, -0.15) is 0 Å². The Balaban J connectivity index is 3.39. The second-order valence-corrected chi connectivity index (χ2v) is 7.27. The van der Waals surface area contributed by atoms with Crippen molar-refractivity contribution in [3.63, 3.8) is 0 Å². The van der Waals surface area contributed by atoms with E-state index in [9.17, 15) is 8.42 Å². The molecule has 3 nitrogen and oxygen atoms in total. The summed E-state index contributed by atoms with van der Waals surface area (Å²) in [6.45, 7) is 1.87. The monoisotopic (exact) mass is 293 g/mol. The minimum atomic E-state index is -3.27. The van der Waals surface area contributed by atoms with E-state index in [0.29, 0.717) is 16.3 Å². The van der Waals surface area contributed by atoms with Gasteiger partial charge in [-0.1, -0.05) is 11.6 Å². The number of halogens is 1. The van der Waals surface area contributed by atoms with Crippen LogP contribution in [0.1, 0.15) is 12.5 Å². The predicted molar refractivity (Wildman–Crippen MR) is 73.7 cm³/mol. The van der Waals surface area contributed by atoms with E-state index in [2.05, 4.69) is 0 Å². The van der Waals surface area contributed by atoms with E-state index in [1.54, 1.807) is 18.4 Å². The first-order valence-corrected chi connectivity index (χ1v) is 8.57. The van der Waals surface area contributed by atoms with Crippen molar-refractivity contribution >= 4 is 33.2 Å². The zero-order valence-electron chi connectivity index (χ0n) is 10.0. The van der Waals surface area contributed by atoms with Crippen LogP contribution < -0.4 is 5.73 Å². The van der Waals surface area contributed by atoms with Crippen molar-refractivity contribution in [1.82, 2.24) is 0 Å². The molecule has 0 radical (unpaired) electrons. The molecule has 1 aromatic rings. The summed E-state index contributed by atoms with van der Waals surface area (Å²) in [6, 6.07) is 3.42. The van der Waals surface area contributed by atoms with E-state index in [4.69, 9.17) is 17.3 Å². The molecule has 0 fully saturated rings. The standard InChI is InChI=1S/C11H16ClNO2S2/c1-7(13)4-8-5-9(12)11(16-2)10(6-8)17(3,14)15/h5-7H,4,13H2,1-3H3. The predicted octanol–water partition coefficient (Wildman–Crippen LogP) is 2.36. The molecule has 0 aromatic heterocycles. The number of sulfone groups is 1. The topological polar surface area (TPSA) is 60.2 Å². The molecule has 6 heteroatoms. The molecule has 1 rings (SSSR count). The Morgan fingerprint density at radius 1 is 1.47 bits per heavy atom. The average molecular weight is 294 g/mol. The lowest BCUT2D eigenvalue weighted by molar-refractivity contribution is 0.599. The fourth-order valence-corrected chi connectivity index (χ4v) is 4.14. The molecule has 2 N–H and O–H groups in total. The Labute approximate surface area is 112 Å². The van der Waals surface area contributed by atoms with Gasteiger partial charge in [0.25, 0.3) is 0 Å². The van der Waals surface area contributed by atoms with Gasteiger partial charge in [-0.15, -0.1) is 11.8 Å². The molecule has 0 amide bonds. The number of rotatable bonds is 4. The zero-order chi connectivity index (χ0) is 13.2. The number of thioether (sulfide) groups is 1. The molecule has 0 aliphatic heterocycles. The van der Waals surface area contributed by atoms with Crippen LogP contribution in [0.3, 0.4) is 0 Å². The van der Waals surface area contributed by atoms with Gasteiger partial charge in [-0.05, 0) is 37.3 Å². The van der Waals surface area contributed by atoms with Gasteiger partial charge in [0.2, 0.25) is 0 Å². The molecule has 0 spiro atoms. The Morgan fingerprint density at radius 3 is 2.47 bits per heavy atom. The summed E-state index contributed by atoms with van der Waals surface area (Å²) in [5.74, 6) is 0. The molecular formula is C11H16ClNO2S2. The molecule has 1 atom stereocenters. The third kappa shape index (κ3) is 3.88. The van der Waals surface area contributed by atoms with Crippen molar-refractivity contribution in [2.24, 2.45) is 5.73 Å². The third-order valence-electron chi connectivity index (χ3n) is 2.23. The molecule has 0 aliphatic rings. The number of hydrogen-bond acceptors (Lipinski definition) is 4. The first-order chi connectivity index (χ1) is 7.75. The lowest BCUT2D eigenvalue weighted by Gasteiger charge is -2.12. The summed E-state index contributed by atoms with van der Waals surface area (Å²) >= 11 is 7.43. The van der Waals surface area contributed by atoms with E-state index in [-0.39, 0.29) is 10.9 Å². The SMILES string of the molecule is CSc1c(Cl)cc(CC(C)N)cc1S(C)(=O)=O. The molecule has 0 heterocycles. The van der Waals surface area contributed by atoms with Gasteiger partial charge in [0, 0.05) is 17.2 Å². The molecule has 0 bridgehead atoms. The van der Waals surface area contributed by atoms with Crippen LogP contribution in [0, 0.1) is 0 Å². The van der Waals surface area contributed by atoms with Gasteiger partial charge < -0.3 is 5.73 Å². The van der Waals surface area contributed by atoms with Crippen LogP contribution >= 0.6 is 23.4 Å². The van der Waals surface area contributed by atoms with Gasteiger partial charge in [-0.25, -0.2) is 8.42 Å². The summed E-state index contributed by atoms with van der Waals surface area (Å²) in [5, 5.41) is 0.469. The van der Waals surface area contributed by atoms with Crippen LogP contribution in [-0.4, -0.2) is 27.0 Å². The molecule has 0 saturated carbocycles. The first-order valence-electron chi connectivity index (χ1n) is 5.07. The molecule has 17 heavy (non-hydrogen) atoms. The van der Waals surface area contributed by atoms with Crippen molar-refractivity contribution < 1.29 is 8.42 Å². The van der Waals surface area contributed by atoms with E-state index >= 15 is 0 Å². The molecular weight excluding hydrogens is 278 g/mol. The fourth-order valence-electron chi connectivity index (χ4n) is 1.58. The third-order valence-corrected chi connectivity index (χ3v) is 4.74. The van der Waals surface area contributed by atoms with E-state index in [1.165, 1.54) is 18.0 Å². The Bertz CT molecular complexity index is 512. The molecule has 96 valence electrons. The largest absolute Gasteiger partial charge is 0.328 e. The maximum absolute atomic E-state index is 11.7. The van der Waals surface area contributed by atoms with Gasteiger partial charge in [0.1, 0.15) is 0 Å². The molecule has 1 unspecified atom stereocenters.